The SMILES string of the molecule is CC(C)(O)C(Nc1cc(C(F)(F)F)nc2ncnn12)c1ccc(S(F)(F)(F)(F)F)cc1. The van der Waals surface area contributed by atoms with Crippen LogP contribution in [0.1, 0.15) is 31.1 Å². The second kappa shape index (κ2) is 6.18. The molecule has 0 aliphatic rings. The maximum Gasteiger partial charge on any atom is 0.433 e. The third kappa shape index (κ3) is 4.98. The molecule has 1 aromatic carbocycles. The van der Waals surface area contributed by atoms with Crippen LogP contribution in [0.3, 0.4) is 0 Å². The highest BCUT2D eigenvalue weighted by Gasteiger charge is 2.65. The third-order valence-electron chi connectivity index (χ3n) is 4.20. The van der Waals surface area contributed by atoms with Crippen molar-refractivity contribution in [1.82, 2.24) is 19.6 Å². The molecule has 31 heavy (non-hydrogen) atoms. The molecule has 3 rings (SSSR count). The van der Waals surface area contributed by atoms with Crippen LogP contribution < -0.4 is 5.32 Å². The highest BCUT2D eigenvalue weighted by atomic mass is 32.5. The van der Waals surface area contributed by atoms with Crippen LogP contribution in [-0.2, 0) is 6.18 Å². The maximum atomic E-state index is 13.2. The van der Waals surface area contributed by atoms with Gasteiger partial charge in [0, 0.05) is 6.07 Å². The van der Waals surface area contributed by atoms with E-state index >= 15 is 0 Å². The van der Waals surface area contributed by atoms with Gasteiger partial charge in [-0.2, -0.15) is 27.8 Å². The van der Waals surface area contributed by atoms with E-state index in [1.54, 1.807) is 0 Å². The van der Waals surface area contributed by atoms with Crippen molar-refractivity contribution in [2.24, 2.45) is 0 Å². The van der Waals surface area contributed by atoms with Gasteiger partial charge in [0.1, 0.15) is 17.0 Å². The van der Waals surface area contributed by atoms with Crippen molar-refractivity contribution in [3.63, 3.8) is 0 Å². The quantitative estimate of drug-likeness (QED) is 0.460. The summed E-state index contributed by atoms with van der Waals surface area (Å²) in [6.45, 7) is 2.46. The smallest absolute Gasteiger partial charge is 0.388 e. The van der Waals surface area contributed by atoms with Gasteiger partial charge < -0.3 is 10.4 Å². The van der Waals surface area contributed by atoms with Crippen molar-refractivity contribution in [2.75, 3.05) is 5.32 Å². The van der Waals surface area contributed by atoms with E-state index in [-0.39, 0.29) is 23.5 Å². The standard InChI is InChI=1S/C16H15F8N5OS/c1-15(2,30)13(9-3-5-10(6-4-9)31(20,21,22,23)24)28-12-7-11(16(17,18)19)27-14-25-8-26-29(12)14/h3-8,13,28,30H,1-2H3. The first-order valence-corrected chi connectivity index (χ1v) is 10.3. The number of aromatic nitrogens is 4. The van der Waals surface area contributed by atoms with Crippen LogP contribution >= 0.6 is 10.2 Å². The highest BCUT2D eigenvalue weighted by molar-refractivity contribution is 8.45. The van der Waals surface area contributed by atoms with E-state index in [9.17, 15) is 37.7 Å². The summed E-state index contributed by atoms with van der Waals surface area (Å²) in [5.41, 5.74) is -3.19. The highest BCUT2D eigenvalue weighted by Crippen LogP contribution is 3.02. The molecule has 2 N–H and O–H groups in total. The van der Waals surface area contributed by atoms with Crippen molar-refractivity contribution in [2.45, 2.75) is 36.6 Å². The van der Waals surface area contributed by atoms with Gasteiger partial charge in [-0.05, 0) is 31.5 Å². The average Bonchev–Trinajstić information content (AvgIpc) is 3.04. The first-order chi connectivity index (χ1) is 13.8. The Morgan fingerprint density at radius 3 is 2.10 bits per heavy atom. The summed E-state index contributed by atoms with van der Waals surface area (Å²) in [7, 11) is -9.92. The fourth-order valence-electron chi connectivity index (χ4n) is 2.79. The fraction of sp³-hybridized carbons (Fsp3) is 0.312. The first-order valence-electron chi connectivity index (χ1n) is 8.37. The van der Waals surface area contributed by atoms with Crippen molar-refractivity contribution in [3.05, 3.63) is 47.9 Å². The van der Waals surface area contributed by atoms with Gasteiger partial charge >= 0.3 is 16.4 Å². The van der Waals surface area contributed by atoms with Crippen LogP contribution in [0.25, 0.3) is 5.78 Å². The second-order valence-corrected chi connectivity index (χ2v) is 9.67. The Morgan fingerprint density at radius 1 is 1.03 bits per heavy atom. The third-order valence-corrected chi connectivity index (χ3v) is 5.36. The Kier molecular flexibility index (Phi) is 4.59. The minimum absolute atomic E-state index is 0.100. The van der Waals surface area contributed by atoms with Crippen molar-refractivity contribution in [1.29, 1.82) is 0 Å². The van der Waals surface area contributed by atoms with Crippen LogP contribution in [0.4, 0.5) is 38.4 Å². The van der Waals surface area contributed by atoms with Gasteiger partial charge in [0.05, 0.1) is 11.6 Å². The molecule has 172 valence electrons. The number of benzene rings is 1. The summed E-state index contributed by atoms with van der Waals surface area (Å²) in [5, 5.41) is 16.8. The van der Waals surface area contributed by atoms with E-state index in [1.807, 2.05) is 0 Å². The van der Waals surface area contributed by atoms with Crippen LogP contribution in [0.2, 0.25) is 0 Å². The zero-order valence-electron chi connectivity index (χ0n) is 15.7. The number of anilines is 1. The molecular formula is C16H15F8N5OS. The average molecular weight is 477 g/mol. The maximum absolute atomic E-state index is 13.2. The summed E-state index contributed by atoms with van der Waals surface area (Å²) < 4.78 is 105. The summed E-state index contributed by atoms with van der Waals surface area (Å²) in [4.78, 5) is 4.77. The largest absolute Gasteiger partial charge is 0.433 e. The number of fused-ring (bicyclic) bond motifs is 1. The number of alkyl halides is 3. The van der Waals surface area contributed by atoms with Crippen LogP contribution in [0.15, 0.2) is 41.6 Å². The molecule has 0 aliphatic carbocycles. The van der Waals surface area contributed by atoms with E-state index in [1.165, 1.54) is 13.8 Å². The molecule has 0 saturated heterocycles. The molecule has 0 amide bonds. The molecule has 15 heteroatoms. The zero-order chi connectivity index (χ0) is 23.5. The normalized spacial score (nSPS) is 16.6. The van der Waals surface area contributed by atoms with Gasteiger partial charge in [-0.3, -0.25) is 0 Å². The molecule has 1 unspecified atom stereocenters. The molecule has 0 saturated carbocycles. The van der Waals surface area contributed by atoms with Gasteiger partial charge in [-0.1, -0.05) is 31.6 Å². The monoisotopic (exact) mass is 477 g/mol. The lowest BCUT2D eigenvalue weighted by molar-refractivity contribution is -0.141. The molecule has 2 heterocycles. The van der Waals surface area contributed by atoms with E-state index in [4.69, 9.17) is 0 Å². The van der Waals surface area contributed by atoms with Gasteiger partial charge in [0.25, 0.3) is 5.78 Å². The van der Waals surface area contributed by atoms with E-state index in [0.717, 1.165) is 10.8 Å². The number of nitrogens with zero attached hydrogens (tertiary/aromatic N) is 4. The number of hydrogen-bond acceptors (Lipinski definition) is 5. The van der Waals surface area contributed by atoms with E-state index in [0.29, 0.717) is 18.2 Å². The summed E-state index contributed by atoms with van der Waals surface area (Å²) in [6, 6.07) is 0.951. The molecule has 1 atom stereocenters. The fourth-order valence-corrected chi connectivity index (χ4v) is 3.44. The van der Waals surface area contributed by atoms with E-state index < -0.39 is 44.4 Å². The first kappa shape index (κ1) is 23.0. The Hall–Kier alpha value is -2.68. The van der Waals surface area contributed by atoms with Crippen molar-refractivity contribution < 1.29 is 37.7 Å². The number of halogens is 8. The zero-order valence-corrected chi connectivity index (χ0v) is 16.5. The Labute approximate surface area is 169 Å². The second-order valence-electron chi connectivity index (χ2n) is 7.27. The summed E-state index contributed by atoms with van der Waals surface area (Å²) in [5.74, 6) is -0.762. The van der Waals surface area contributed by atoms with Gasteiger partial charge in [0.2, 0.25) is 0 Å². The topological polar surface area (TPSA) is 75.3 Å². The van der Waals surface area contributed by atoms with Crippen LogP contribution in [0.5, 0.6) is 0 Å². The predicted molar refractivity (Wildman–Crippen MR) is 96.3 cm³/mol. The molecular weight excluding hydrogens is 462 g/mol. The molecule has 0 bridgehead atoms. The summed E-state index contributed by atoms with van der Waals surface area (Å²) >= 11 is 0. The number of hydrogen-bond donors (Lipinski definition) is 2. The number of nitrogens with one attached hydrogen (secondary N) is 1. The van der Waals surface area contributed by atoms with Crippen LogP contribution in [-0.4, -0.2) is 30.3 Å². The van der Waals surface area contributed by atoms with Gasteiger partial charge in [-0.15, -0.1) is 0 Å². The Bertz CT molecular complexity index is 1120. The number of rotatable bonds is 5. The Morgan fingerprint density at radius 2 is 1.61 bits per heavy atom. The van der Waals surface area contributed by atoms with Crippen molar-refractivity contribution >= 4 is 21.8 Å². The summed E-state index contributed by atoms with van der Waals surface area (Å²) in [6.07, 6.45) is -3.92. The molecule has 0 radical (unpaired) electrons. The molecule has 2 aromatic heterocycles. The van der Waals surface area contributed by atoms with E-state index in [2.05, 4.69) is 20.4 Å². The van der Waals surface area contributed by atoms with Crippen molar-refractivity contribution in [3.8, 4) is 0 Å². The molecule has 6 nitrogen and oxygen atoms in total. The van der Waals surface area contributed by atoms with Gasteiger partial charge in [0.15, 0.2) is 5.69 Å². The molecule has 0 fully saturated rings. The minimum atomic E-state index is -9.92. The lowest BCUT2D eigenvalue weighted by Crippen LogP contribution is -2.35. The lowest BCUT2D eigenvalue weighted by atomic mass is 9.92. The molecule has 0 spiro atoms. The predicted octanol–water partition coefficient (Wildman–Crippen LogP) is 5.72. The lowest BCUT2D eigenvalue weighted by Gasteiger charge is -2.40. The molecule has 0 aliphatic heterocycles. The minimum Gasteiger partial charge on any atom is -0.388 e. The van der Waals surface area contributed by atoms with Gasteiger partial charge in [-0.25, -0.2) is 4.98 Å². The number of aliphatic hydroxyl groups is 1. The van der Waals surface area contributed by atoms with Crippen LogP contribution in [0, 0.1) is 0 Å². The molecule has 3 aromatic rings. The Balaban J connectivity index is 2.08.